The molecule has 1 aromatic rings. The van der Waals surface area contributed by atoms with Crippen LogP contribution in [0.3, 0.4) is 0 Å². The minimum absolute atomic E-state index is 0.00463. The number of nitrogens with zero attached hydrogens (tertiary/aromatic N) is 3. The van der Waals surface area contributed by atoms with Crippen LogP contribution in [0.15, 0.2) is 22.2 Å². The first kappa shape index (κ1) is 43.5. The molecule has 0 atom stereocenters. The summed E-state index contributed by atoms with van der Waals surface area (Å²) in [6.07, 6.45) is 6.95. The van der Waals surface area contributed by atoms with E-state index < -0.39 is 0 Å². The summed E-state index contributed by atoms with van der Waals surface area (Å²) < 4.78 is 0. The van der Waals surface area contributed by atoms with Crippen LogP contribution in [-0.2, 0) is 24.0 Å². The van der Waals surface area contributed by atoms with E-state index in [-0.39, 0.29) is 17.7 Å². The van der Waals surface area contributed by atoms with E-state index in [1.54, 1.807) is 33.4 Å². The average molecular weight is 587 g/mol. The lowest BCUT2D eigenvalue weighted by Gasteiger charge is -1.90. The Balaban J connectivity index is -0.000000190. The number of aromatic nitrogens is 2. The highest BCUT2D eigenvalue weighted by molar-refractivity contribution is 7.80. The predicted molar refractivity (Wildman–Crippen MR) is 165 cm³/mol. The molecule has 3 rings (SSSR count). The van der Waals surface area contributed by atoms with Crippen molar-refractivity contribution < 1.29 is 24.0 Å². The number of amides is 3. The second-order valence-electron chi connectivity index (χ2n) is 8.07. The Bertz CT molecular complexity index is 834. The Morgan fingerprint density at radius 1 is 0.950 bits per heavy atom. The fourth-order valence-electron chi connectivity index (χ4n) is 1.58. The van der Waals surface area contributed by atoms with Gasteiger partial charge in [-0.25, -0.2) is 10.5 Å². The van der Waals surface area contributed by atoms with E-state index in [2.05, 4.69) is 58.7 Å². The van der Waals surface area contributed by atoms with Crippen molar-refractivity contribution in [3.63, 3.8) is 0 Å². The Morgan fingerprint density at radius 3 is 1.50 bits per heavy atom. The Kier molecular flexibility index (Phi) is 34.5. The highest BCUT2D eigenvalue weighted by atomic mass is 32.1. The second kappa shape index (κ2) is 31.7. The molecule has 0 spiro atoms. The standard InChI is InChI=1S/C6H10O.2C4H6N2.C3H7NO2.2C3H7NO.C3H7NS/c1-5(7)4-6-2-3-6;1-4-5-2-3-6-4;1-4-2-3-5-6-4;1-3(5)4-6-2;3*1-3(5)4-2/h6H,2-4H2,1H3;2H,3H2,1H3;2-3H,1H3,(H,5,6);1-2H3,(H,4,5);3*1-2H3,(H,4,5). The highest BCUT2D eigenvalue weighted by Gasteiger charge is 2.22. The largest absolute Gasteiger partial charge is 0.383 e. The molecule has 1 aromatic heterocycles. The molecule has 5 N–H and O–H groups in total. The Labute approximate surface area is 244 Å². The molecule has 0 bridgehead atoms. The van der Waals surface area contributed by atoms with Crippen LogP contribution in [0, 0.1) is 12.8 Å². The lowest BCUT2D eigenvalue weighted by atomic mass is 10.2. The van der Waals surface area contributed by atoms with E-state index in [9.17, 15) is 19.2 Å². The van der Waals surface area contributed by atoms with Gasteiger partial charge in [-0.05, 0) is 52.5 Å². The summed E-state index contributed by atoms with van der Waals surface area (Å²) in [5, 5.41) is 14.0. The maximum Gasteiger partial charge on any atom is 0.240 e. The number of H-pyrrole nitrogens is 1. The van der Waals surface area contributed by atoms with Crippen LogP contribution in [0.5, 0.6) is 0 Å². The molecule has 1 fully saturated rings. The molecule has 0 saturated heterocycles. The number of carbonyl (C=O) groups is 4. The topological polar surface area (TPSA) is 179 Å². The molecule has 13 nitrogen and oxygen atoms in total. The predicted octanol–water partition coefficient (Wildman–Crippen LogP) is 2.32. The van der Waals surface area contributed by atoms with Crippen LogP contribution in [0.25, 0.3) is 0 Å². The molecular formula is C26H50N8O5S. The molecule has 230 valence electrons. The van der Waals surface area contributed by atoms with Crippen LogP contribution >= 0.6 is 12.2 Å². The number of amidine groups is 1. The summed E-state index contributed by atoms with van der Waals surface area (Å²) in [5.41, 5.74) is 3.18. The lowest BCUT2D eigenvalue weighted by molar-refractivity contribution is -0.129. The van der Waals surface area contributed by atoms with Gasteiger partial charge in [0, 0.05) is 66.4 Å². The van der Waals surface area contributed by atoms with Gasteiger partial charge in [0.1, 0.15) is 11.6 Å². The molecular weight excluding hydrogens is 536 g/mol. The van der Waals surface area contributed by atoms with Crippen molar-refractivity contribution in [2.45, 2.75) is 67.7 Å². The minimum Gasteiger partial charge on any atom is -0.383 e. The molecule has 1 aliphatic carbocycles. The average Bonchev–Trinajstić information content (AvgIpc) is 3.31. The summed E-state index contributed by atoms with van der Waals surface area (Å²) in [6, 6.07) is 1.92. The van der Waals surface area contributed by atoms with Crippen LogP contribution in [0.2, 0.25) is 0 Å². The maximum atomic E-state index is 10.3. The zero-order valence-electron chi connectivity index (χ0n) is 25.9. The van der Waals surface area contributed by atoms with Gasteiger partial charge in [-0.2, -0.15) is 5.10 Å². The van der Waals surface area contributed by atoms with Gasteiger partial charge in [-0.15, -0.1) is 0 Å². The first-order valence-corrected chi connectivity index (χ1v) is 12.9. The van der Waals surface area contributed by atoms with Gasteiger partial charge in [0.15, 0.2) is 0 Å². The third-order valence-corrected chi connectivity index (χ3v) is 4.10. The summed E-state index contributed by atoms with van der Waals surface area (Å²) in [4.78, 5) is 52.3. The highest BCUT2D eigenvalue weighted by Crippen LogP contribution is 2.32. The van der Waals surface area contributed by atoms with Crippen molar-refractivity contribution >= 4 is 52.8 Å². The number of hydrogen-bond donors (Lipinski definition) is 5. The molecule has 14 heteroatoms. The smallest absolute Gasteiger partial charge is 0.240 e. The fourth-order valence-corrected chi connectivity index (χ4v) is 1.58. The molecule has 0 aromatic carbocycles. The molecule has 0 radical (unpaired) electrons. The normalized spacial score (nSPS) is 11.2. The van der Waals surface area contributed by atoms with E-state index >= 15 is 0 Å². The van der Waals surface area contributed by atoms with Crippen molar-refractivity contribution in [1.82, 2.24) is 31.6 Å². The number of hydrogen-bond acceptors (Lipinski definition) is 9. The van der Waals surface area contributed by atoms with Gasteiger partial charge in [0.05, 0.1) is 18.6 Å². The van der Waals surface area contributed by atoms with Crippen molar-refractivity contribution in [3.05, 3.63) is 18.0 Å². The third-order valence-electron chi connectivity index (χ3n) is 3.89. The number of thiocarbonyl (C=S) groups is 1. The summed E-state index contributed by atoms with van der Waals surface area (Å²) in [7, 11) is 6.40. The quantitative estimate of drug-likeness (QED) is 0.264. The van der Waals surface area contributed by atoms with Crippen molar-refractivity contribution in [2.24, 2.45) is 15.9 Å². The van der Waals surface area contributed by atoms with E-state index in [1.807, 2.05) is 33.9 Å². The first-order valence-electron chi connectivity index (χ1n) is 12.5. The SMILES string of the molecule is CC(=O)CC1CC1.CC1=NCC=N1.CNC(C)=O.CNC(C)=O.CNC(C)=S.CONC(C)=O.Cc1ccn[nH]1. The first-order chi connectivity index (χ1) is 18.7. The zero-order chi connectivity index (χ0) is 31.9. The number of carbonyl (C=O) groups excluding carboxylic acids is 4. The van der Waals surface area contributed by atoms with Gasteiger partial charge in [-0.3, -0.25) is 29.3 Å². The Hall–Kier alpha value is -3.52. The molecule has 1 aliphatic heterocycles. The third kappa shape index (κ3) is 55.1. The van der Waals surface area contributed by atoms with Crippen molar-refractivity contribution in [1.29, 1.82) is 0 Å². The molecule has 2 aliphatic rings. The summed E-state index contributed by atoms with van der Waals surface area (Å²) in [6.45, 7) is 12.5. The number of ketones is 1. The van der Waals surface area contributed by atoms with Gasteiger partial charge in [-0.1, -0.05) is 12.2 Å². The van der Waals surface area contributed by atoms with Crippen LogP contribution < -0.4 is 21.4 Å². The van der Waals surface area contributed by atoms with Crippen molar-refractivity contribution in [3.8, 4) is 0 Å². The lowest BCUT2D eigenvalue weighted by Crippen LogP contribution is -2.17. The molecule has 3 amide bonds. The van der Waals surface area contributed by atoms with Gasteiger partial charge in [0.25, 0.3) is 0 Å². The van der Waals surface area contributed by atoms with E-state index in [0.29, 0.717) is 5.78 Å². The zero-order valence-corrected chi connectivity index (χ0v) is 26.7. The van der Waals surface area contributed by atoms with E-state index in [0.717, 1.165) is 35.4 Å². The minimum atomic E-state index is -0.183. The number of aromatic amines is 1. The molecule has 0 unspecified atom stereocenters. The van der Waals surface area contributed by atoms with Crippen LogP contribution in [-0.4, -0.2) is 85.5 Å². The number of aryl methyl sites for hydroxylation is 1. The van der Waals surface area contributed by atoms with E-state index in [1.165, 1.54) is 40.7 Å². The summed E-state index contributed by atoms with van der Waals surface area (Å²) >= 11 is 4.59. The Morgan fingerprint density at radius 2 is 1.43 bits per heavy atom. The van der Waals surface area contributed by atoms with Gasteiger partial charge >= 0.3 is 0 Å². The summed E-state index contributed by atoms with van der Waals surface area (Å²) in [5.74, 6) is 1.85. The number of nitrogens with one attached hydrogen (secondary N) is 5. The van der Waals surface area contributed by atoms with E-state index in [4.69, 9.17) is 0 Å². The number of Topliss-reactive ketones (excluding diaryl/α,β-unsaturated/α-hetero) is 1. The van der Waals surface area contributed by atoms with Gasteiger partial charge < -0.3 is 20.7 Å². The second-order valence-corrected chi connectivity index (χ2v) is 8.68. The number of aliphatic imine (C=N–C) groups is 2. The maximum absolute atomic E-state index is 10.3. The monoisotopic (exact) mass is 586 g/mol. The molecule has 1 saturated carbocycles. The van der Waals surface area contributed by atoms with Gasteiger partial charge in [0.2, 0.25) is 17.7 Å². The fraction of sp³-hybridized carbons (Fsp3) is 0.615. The van der Waals surface area contributed by atoms with Crippen molar-refractivity contribution in [2.75, 3.05) is 34.8 Å². The number of rotatable bonds is 3. The van der Waals surface area contributed by atoms with Crippen LogP contribution in [0.4, 0.5) is 0 Å². The molecule has 2 heterocycles. The van der Waals surface area contributed by atoms with Crippen LogP contribution in [0.1, 0.15) is 66.5 Å². The molecule has 40 heavy (non-hydrogen) atoms. The number of hydroxylamine groups is 1.